The monoisotopic (exact) mass is 285 g/mol. The van der Waals surface area contributed by atoms with E-state index in [4.69, 9.17) is 5.11 Å². The third kappa shape index (κ3) is 4.71. The fraction of sp³-hybridized carbons (Fsp3) is 0.769. The summed E-state index contributed by atoms with van der Waals surface area (Å²) in [7, 11) is 3.29. The highest BCUT2D eigenvalue weighted by Gasteiger charge is 2.35. The predicted molar refractivity (Wildman–Crippen MR) is 73.3 cm³/mol. The molecule has 1 rings (SSSR count). The third-order valence-corrected chi connectivity index (χ3v) is 3.28. The molecular weight excluding hydrogens is 262 g/mol. The van der Waals surface area contributed by atoms with Crippen LogP contribution >= 0.6 is 0 Å². The number of likely N-dealkylation sites (N-methyl/N-ethyl adjacent to an activating group) is 2. The Balaban J connectivity index is 2.65. The van der Waals surface area contributed by atoms with Crippen LogP contribution in [0.25, 0.3) is 0 Å². The van der Waals surface area contributed by atoms with Crippen LogP contribution in [0.15, 0.2) is 0 Å². The van der Waals surface area contributed by atoms with Crippen molar-refractivity contribution in [3.05, 3.63) is 0 Å². The number of amides is 3. The minimum Gasteiger partial charge on any atom is -0.481 e. The summed E-state index contributed by atoms with van der Waals surface area (Å²) < 4.78 is 0. The lowest BCUT2D eigenvalue weighted by molar-refractivity contribution is -0.137. The number of carbonyl (C=O) groups excluding carboxylic acids is 2. The smallest absolute Gasteiger partial charge is 0.320 e. The summed E-state index contributed by atoms with van der Waals surface area (Å²) in [6, 6.07) is -0.114. The Kier molecular flexibility index (Phi) is 5.79. The minimum atomic E-state index is -0.920. The van der Waals surface area contributed by atoms with Gasteiger partial charge in [0.05, 0.1) is 6.42 Å². The molecule has 114 valence electrons. The van der Waals surface area contributed by atoms with Gasteiger partial charge in [-0.05, 0) is 19.8 Å². The van der Waals surface area contributed by atoms with Crippen molar-refractivity contribution in [1.82, 2.24) is 14.7 Å². The highest BCUT2D eigenvalue weighted by Crippen LogP contribution is 2.28. The van der Waals surface area contributed by atoms with Gasteiger partial charge in [0.25, 0.3) is 0 Å². The van der Waals surface area contributed by atoms with Gasteiger partial charge in [-0.3, -0.25) is 9.59 Å². The molecule has 0 bridgehead atoms. The van der Waals surface area contributed by atoms with Crippen molar-refractivity contribution in [2.75, 3.05) is 33.7 Å². The maximum absolute atomic E-state index is 12.4. The largest absolute Gasteiger partial charge is 0.481 e. The number of carbonyl (C=O) groups is 3. The van der Waals surface area contributed by atoms with Crippen LogP contribution in [-0.4, -0.2) is 77.5 Å². The van der Waals surface area contributed by atoms with Crippen molar-refractivity contribution in [2.24, 2.45) is 0 Å². The minimum absolute atomic E-state index is 0.0264. The molecule has 0 aromatic carbocycles. The van der Waals surface area contributed by atoms with Crippen molar-refractivity contribution in [2.45, 2.75) is 32.2 Å². The SMILES string of the molecule is CCN(CC(=O)N(C)C)C(=O)N(CCC(=O)O)C1CC1. The lowest BCUT2D eigenvalue weighted by atomic mass is 10.3. The van der Waals surface area contributed by atoms with Gasteiger partial charge in [0.1, 0.15) is 6.54 Å². The molecular formula is C13H23N3O4. The van der Waals surface area contributed by atoms with E-state index in [1.807, 2.05) is 6.92 Å². The van der Waals surface area contributed by atoms with Crippen molar-refractivity contribution in [3.8, 4) is 0 Å². The van der Waals surface area contributed by atoms with Gasteiger partial charge in [-0.1, -0.05) is 0 Å². The molecule has 3 amide bonds. The van der Waals surface area contributed by atoms with Crippen LogP contribution in [0.1, 0.15) is 26.2 Å². The Morgan fingerprint density at radius 3 is 2.20 bits per heavy atom. The number of hydrogen-bond acceptors (Lipinski definition) is 3. The summed E-state index contributed by atoms with van der Waals surface area (Å²) in [6.45, 7) is 2.46. The Morgan fingerprint density at radius 1 is 1.20 bits per heavy atom. The maximum atomic E-state index is 12.4. The molecule has 1 saturated carbocycles. The average molecular weight is 285 g/mol. The van der Waals surface area contributed by atoms with Crippen LogP contribution in [0.4, 0.5) is 4.79 Å². The molecule has 0 aromatic heterocycles. The van der Waals surface area contributed by atoms with Crippen molar-refractivity contribution < 1.29 is 19.5 Å². The Hall–Kier alpha value is -1.79. The average Bonchev–Trinajstić information content (AvgIpc) is 3.19. The number of nitrogens with zero attached hydrogens (tertiary/aromatic N) is 3. The molecule has 1 fully saturated rings. The van der Waals surface area contributed by atoms with E-state index in [1.165, 1.54) is 9.80 Å². The van der Waals surface area contributed by atoms with E-state index in [9.17, 15) is 14.4 Å². The van der Waals surface area contributed by atoms with Crippen LogP contribution in [0.2, 0.25) is 0 Å². The van der Waals surface area contributed by atoms with Crippen LogP contribution in [0.5, 0.6) is 0 Å². The Bertz CT molecular complexity index is 380. The van der Waals surface area contributed by atoms with Crippen molar-refractivity contribution >= 4 is 17.9 Å². The molecule has 0 heterocycles. The van der Waals surface area contributed by atoms with E-state index in [0.717, 1.165) is 12.8 Å². The quantitative estimate of drug-likeness (QED) is 0.736. The van der Waals surface area contributed by atoms with Gasteiger partial charge in [-0.15, -0.1) is 0 Å². The summed E-state index contributed by atoms with van der Waals surface area (Å²) in [5.41, 5.74) is 0. The third-order valence-electron chi connectivity index (χ3n) is 3.28. The van der Waals surface area contributed by atoms with Gasteiger partial charge in [-0.2, -0.15) is 0 Å². The lowest BCUT2D eigenvalue weighted by Gasteiger charge is -2.30. The summed E-state index contributed by atoms with van der Waals surface area (Å²) in [4.78, 5) is 39.3. The molecule has 0 saturated heterocycles. The molecule has 0 unspecified atom stereocenters. The highest BCUT2D eigenvalue weighted by molar-refractivity contribution is 5.84. The topological polar surface area (TPSA) is 81.2 Å². The molecule has 20 heavy (non-hydrogen) atoms. The van der Waals surface area contributed by atoms with Gasteiger partial charge in [0.2, 0.25) is 5.91 Å². The zero-order valence-electron chi connectivity index (χ0n) is 12.3. The lowest BCUT2D eigenvalue weighted by Crippen LogP contribution is -2.48. The molecule has 1 aliphatic rings. The molecule has 0 spiro atoms. The van der Waals surface area contributed by atoms with Gasteiger partial charge in [-0.25, -0.2) is 4.79 Å². The standard InChI is InChI=1S/C13H23N3O4/c1-4-15(9-11(17)14(2)3)13(20)16(10-5-6-10)8-7-12(18)19/h10H,4-9H2,1-3H3,(H,18,19). The number of aliphatic carboxylic acids is 1. The van der Waals surface area contributed by atoms with Crippen LogP contribution in [0, 0.1) is 0 Å². The summed E-state index contributed by atoms with van der Waals surface area (Å²) in [6.07, 6.45) is 1.75. The summed E-state index contributed by atoms with van der Waals surface area (Å²) >= 11 is 0. The molecule has 0 atom stereocenters. The highest BCUT2D eigenvalue weighted by atomic mass is 16.4. The zero-order chi connectivity index (χ0) is 15.3. The van der Waals surface area contributed by atoms with E-state index < -0.39 is 5.97 Å². The molecule has 0 radical (unpaired) electrons. The van der Waals surface area contributed by atoms with Gasteiger partial charge in [0, 0.05) is 33.2 Å². The summed E-state index contributed by atoms with van der Waals surface area (Å²) in [5, 5.41) is 8.75. The van der Waals surface area contributed by atoms with Gasteiger partial charge in [0.15, 0.2) is 0 Å². The van der Waals surface area contributed by atoms with Crippen LogP contribution < -0.4 is 0 Å². The molecule has 0 aliphatic heterocycles. The zero-order valence-corrected chi connectivity index (χ0v) is 12.3. The van der Waals surface area contributed by atoms with E-state index >= 15 is 0 Å². The Labute approximate surface area is 119 Å². The van der Waals surface area contributed by atoms with Crippen LogP contribution in [-0.2, 0) is 9.59 Å². The molecule has 1 aliphatic carbocycles. The predicted octanol–water partition coefficient (Wildman–Crippen LogP) is 0.456. The second-order valence-corrected chi connectivity index (χ2v) is 5.15. The van der Waals surface area contributed by atoms with Crippen molar-refractivity contribution in [1.29, 1.82) is 0 Å². The van der Waals surface area contributed by atoms with E-state index in [1.54, 1.807) is 19.0 Å². The number of hydrogen-bond donors (Lipinski definition) is 1. The van der Waals surface area contributed by atoms with E-state index in [-0.39, 0.29) is 37.5 Å². The fourth-order valence-electron chi connectivity index (χ4n) is 1.84. The number of carboxylic acids is 1. The second kappa shape index (κ2) is 7.12. The van der Waals surface area contributed by atoms with E-state index in [2.05, 4.69) is 0 Å². The number of carboxylic acid groups (broad SMARTS) is 1. The first kappa shape index (κ1) is 16.3. The number of urea groups is 1. The normalized spacial score (nSPS) is 13.8. The molecule has 0 aromatic rings. The van der Waals surface area contributed by atoms with Crippen molar-refractivity contribution in [3.63, 3.8) is 0 Å². The maximum Gasteiger partial charge on any atom is 0.320 e. The van der Waals surface area contributed by atoms with Crippen LogP contribution in [0.3, 0.4) is 0 Å². The van der Waals surface area contributed by atoms with Gasteiger partial charge < -0.3 is 19.8 Å². The summed E-state index contributed by atoms with van der Waals surface area (Å²) in [5.74, 6) is -1.06. The first-order valence-electron chi connectivity index (χ1n) is 6.84. The number of rotatable bonds is 7. The molecule has 7 nitrogen and oxygen atoms in total. The molecule has 7 heteroatoms. The second-order valence-electron chi connectivity index (χ2n) is 5.15. The van der Waals surface area contributed by atoms with E-state index in [0.29, 0.717) is 6.54 Å². The fourth-order valence-corrected chi connectivity index (χ4v) is 1.84. The first-order valence-corrected chi connectivity index (χ1v) is 6.84. The molecule has 1 N–H and O–H groups in total. The first-order chi connectivity index (χ1) is 9.36. The Morgan fingerprint density at radius 2 is 1.80 bits per heavy atom. The van der Waals surface area contributed by atoms with Gasteiger partial charge >= 0.3 is 12.0 Å².